The summed E-state index contributed by atoms with van der Waals surface area (Å²) in [7, 11) is -1.43. The van der Waals surface area contributed by atoms with Crippen LogP contribution in [0.5, 0.6) is 0 Å². The molecule has 1 aromatic carbocycles. The third kappa shape index (κ3) is 4.35. The van der Waals surface area contributed by atoms with Crippen molar-refractivity contribution in [2.24, 2.45) is 22.7 Å². The summed E-state index contributed by atoms with van der Waals surface area (Å²) in [6.07, 6.45) is 1.65. The molecule has 1 aromatic rings. The lowest BCUT2D eigenvalue weighted by molar-refractivity contribution is -0.289. The molecule has 4 aliphatic carbocycles. The average Bonchev–Trinajstić information content (AvgIpc) is 3.64. The van der Waals surface area contributed by atoms with Crippen molar-refractivity contribution in [1.29, 1.82) is 0 Å². The Morgan fingerprint density at radius 1 is 1.05 bits per heavy atom. The summed E-state index contributed by atoms with van der Waals surface area (Å²) in [5, 5.41) is 0. The number of ether oxygens (including phenoxy) is 6. The summed E-state index contributed by atoms with van der Waals surface area (Å²) < 4.78 is 68.3. The predicted molar refractivity (Wildman–Crippen MR) is 150 cm³/mol. The van der Waals surface area contributed by atoms with Crippen molar-refractivity contribution in [3.63, 3.8) is 0 Å². The van der Waals surface area contributed by atoms with E-state index in [9.17, 15) is 18.0 Å². The monoisotopic (exact) mass is 620 g/mol. The summed E-state index contributed by atoms with van der Waals surface area (Å²) >= 11 is 0. The molecule has 0 N–H and O–H groups in total. The van der Waals surface area contributed by atoms with Crippen molar-refractivity contribution in [2.45, 2.75) is 74.8 Å². The molecular formula is C31H40O11S. The molecule has 6 atom stereocenters. The van der Waals surface area contributed by atoms with E-state index in [0.29, 0.717) is 50.9 Å². The van der Waals surface area contributed by atoms with Gasteiger partial charge in [0.1, 0.15) is 17.8 Å². The zero-order chi connectivity index (χ0) is 30.7. The number of esters is 2. The van der Waals surface area contributed by atoms with E-state index < -0.39 is 56.3 Å². The van der Waals surface area contributed by atoms with Crippen LogP contribution in [-0.2, 0) is 52.3 Å². The predicted octanol–water partition coefficient (Wildman–Crippen LogP) is 3.52. The zero-order valence-electron chi connectivity index (χ0n) is 25.1. The minimum absolute atomic E-state index is 0.0176. The highest BCUT2D eigenvalue weighted by Gasteiger charge is 2.78. The molecule has 1 heterocycles. The fourth-order valence-electron chi connectivity index (χ4n) is 8.99. The highest BCUT2D eigenvalue weighted by molar-refractivity contribution is 7.86. The van der Waals surface area contributed by atoms with Gasteiger partial charge in [-0.1, -0.05) is 23.8 Å². The summed E-state index contributed by atoms with van der Waals surface area (Å²) in [5.41, 5.74) is -1.70. The number of rotatable bonds is 9. The first-order valence-corrected chi connectivity index (χ1v) is 16.3. The first-order chi connectivity index (χ1) is 20.5. The molecule has 2 spiro atoms. The number of carbonyl (C=O) groups excluding carboxylic acids is 2. The van der Waals surface area contributed by atoms with Crippen LogP contribution in [0.25, 0.3) is 0 Å². The second kappa shape index (κ2) is 10.9. The van der Waals surface area contributed by atoms with Crippen LogP contribution in [0, 0.1) is 22.7 Å². The van der Waals surface area contributed by atoms with Gasteiger partial charge in [-0.05, 0) is 69.6 Å². The summed E-state index contributed by atoms with van der Waals surface area (Å²) in [4.78, 5) is 28.0. The van der Waals surface area contributed by atoms with Crippen molar-refractivity contribution in [3.05, 3.63) is 41.5 Å². The van der Waals surface area contributed by atoms with Gasteiger partial charge in [-0.15, -0.1) is 0 Å². The van der Waals surface area contributed by atoms with Crippen LogP contribution in [0.1, 0.15) is 52.4 Å². The quantitative estimate of drug-likeness (QED) is 0.174. The molecule has 1 saturated heterocycles. The fraction of sp³-hybridized carbons (Fsp3) is 0.677. The Balaban J connectivity index is 1.49. The van der Waals surface area contributed by atoms with Crippen LogP contribution >= 0.6 is 0 Å². The Labute approximate surface area is 252 Å². The summed E-state index contributed by atoms with van der Waals surface area (Å²) in [6, 6.07) is 7.82. The minimum atomic E-state index is -4.25. The number of hydrogen-bond donors (Lipinski definition) is 0. The Bertz CT molecular complexity index is 1400. The van der Waals surface area contributed by atoms with Crippen LogP contribution in [0.3, 0.4) is 0 Å². The van der Waals surface area contributed by atoms with E-state index in [-0.39, 0.29) is 30.6 Å². The third-order valence-electron chi connectivity index (χ3n) is 10.5. The van der Waals surface area contributed by atoms with Gasteiger partial charge < -0.3 is 28.4 Å². The molecule has 5 aliphatic rings. The molecule has 43 heavy (non-hydrogen) atoms. The normalized spacial score (nSPS) is 36.0. The van der Waals surface area contributed by atoms with Gasteiger partial charge in [0.15, 0.2) is 5.79 Å². The smallest absolute Gasteiger partial charge is 0.318 e. The van der Waals surface area contributed by atoms with Crippen LogP contribution in [0.4, 0.5) is 0 Å². The van der Waals surface area contributed by atoms with Gasteiger partial charge in [-0.2, -0.15) is 8.42 Å². The molecule has 2 bridgehead atoms. The molecular weight excluding hydrogens is 580 g/mol. The second-order valence-electron chi connectivity index (χ2n) is 12.4. The lowest BCUT2D eigenvalue weighted by Crippen LogP contribution is -2.54. The minimum Gasteiger partial charge on any atom is -0.468 e. The SMILES string of the molecule is CCOC(=O)[C@@H]1C2=C(CC[C@@H](OS(=O)(=O)c3ccccc3)[C@@]2(C)C(=O)OC)[C@@H]2CC[C@]3(OCOC)C[C@]12CC31OCCO1. The van der Waals surface area contributed by atoms with Crippen molar-refractivity contribution in [2.75, 3.05) is 40.8 Å². The van der Waals surface area contributed by atoms with E-state index >= 15 is 0 Å². The fourth-order valence-corrected chi connectivity index (χ4v) is 10.2. The highest BCUT2D eigenvalue weighted by Crippen LogP contribution is 2.75. The molecule has 0 unspecified atom stereocenters. The van der Waals surface area contributed by atoms with Crippen molar-refractivity contribution in [3.8, 4) is 0 Å². The van der Waals surface area contributed by atoms with Gasteiger partial charge in [0.2, 0.25) is 0 Å². The van der Waals surface area contributed by atoms with Gasteiger partial charge in [0, 0.05) is 18.9 Å². The number of methoxy groups -OCH3 is 2. The Kier molecular flexibility index (Phi) is 7.79. The molecule has 2 saturated carbocycles. The topological polar surface area (TPSA) is 133 Å². The lowest BCUT2D eigenvalue weighted by Gasteiger charge is -2.45. The van der Waals surface area contributed by atoms with Crippen LogP contribution < -0.4 is 0 Å². The van der Waals surface area contributed by atoms with Gasteiger partial charge >= 0.3 is 11.9 Å². The van der Waals surface area contributed by atoms with Gasteiger partial charge in [0.25, 0.3) is 10.1 Å². The van der Waals surface area contributed by atoms with E-state index in [1.54, 1.807) is 39.2 Å². The van der Waals surface area contributed by atoms with Gasteiger partial charge in [-0.25, -0.2) is 0 Å². The molecule has 3 fully saturated rings. The number of fused-ring (bicyclic) bond motifs is 3. The van der Waals surface area contributed by atoms with E-state index in [1.165, 1.54) is 19.2 Å². The third-order valence-corrected chi connectivity index (χ3v) is 11.9. The van der Waals surface area contributed by atoms with Crippen LogP contribution in [0.15, 0.2) is 46.4 Å². The first kappa shape index (κ1) is 30.7. The van der Waals surface area contributed by atoms with Crippen LogP contribution in [-0.4, -0.2) is 78.7 Å². The average molecular weight is 621 g/mol. The van der Waals surface area contributed by atoms with Crippen molar-refractivity contribution < 1.29 is 50.6 Å². The summed E-state index contributed by atoms with van der Waals surface area (Å²) in [5.74, 6) is -3.22. The standard InChI is InChI=1S/C31H40O11S/c1-5-38-26(32)25-24-21(22-13-14-30(41-19-36-3)17-29(22,25)18-31(30)39-15-16-40-31)11-12-23(28(24,2)27(33)37-4)42-43(34,35)20-9-7-6-8-10-20/h6-10,22-23,25H,5,11-19H2,1-4H3/t22-,23+,25-,28+,29+,30-/m0/s1. The highest BCUT2D eigenvalue weighted by atomic mass is 32.2. The largest absolute Gasteiger partial charge is 0.468 e. The number of benzene rings is 1. The van der Waals surface area contributed by atoms with Crippen LogP contribution in [0.2, 0.25) is 0 Å². The molecule has 1 aliphatic heterocycles. The maximum atomic E-state index is 14.2. The van der Waals surface area contributed by atoms with Crippen molar-refractivity contribution in [1.82, 2.24) is 0 Å². The van der Waals surface area contributed by atoms with E-state index in [0.717, 1.165) is 5.57 Å². The molecule has 236 valence electrons. The molecule has 11 nitrogen and oxygen atoms in total. The summed E-state index contributed by atoms with van der Waals surface area (Å²) in [6.45, 7) is 4.33. The molecule has 0 aromatic heterocycles. The Hall–Kier alpha value is -2.35. The van der Waals surface area contributed by atoms with Crippen molar-refractivity contribution >= 4 is 22.1 Å². The maximum Gasteiger partial charge on any atom is 0.318 e. The van der Waals surface area contributed by atoms with E-state index in [2.05, 4.69) is 0 Å². The van der Waals surface area contributed by atoms with E-state index in [4.69, 9.17) is 32.6 Å². The lowest BCUT2D eigenvalue weighted by atomic mass is 9.61. The molecule has 12 heteroatoms. The molecule has 6 rings (SSSR count). The molecule has 0 radical (unpaired) electrons. The zero-order valence-corrected chi connectivity index (χ0v) is 25.9. The first-order valence-electron chi connectivity index (χ1n) is 14.9. The number of carbonyl (C=O) groups is 2. The Morgan fingerprint density at radius 3 is 2.42 bits per heavy atom. The second-order valence-corrected chi connectivity index (χ2v) is 14.0. The van der Waals surface area contributed by atoms with Gasteiger partial charge in [-0.3, -0.25) is 13.8 Å². The Morgan fingerprint density at radius 2 is 1.77 bits per heavy atom. The van der Waals surface area contributed by atoms with E-state index in [1.807, 2.05) is 0 Å². The maximum absolute atomic E-state index is 14.2. The molecule has 0 amide bonds. The number of allylic oxidation sites excluding steroid dienone is 1. The number of hydrogen-bond acceptors (Lipinski definition) is 11. The van der Waals surface area contributed by atoms with Gasteiger partial charge in [0.05, 0.1) is 43.8 Å².